The fourth-order valence-electron chi connectivity index (χ4n) is 2.82. The molecular weight excluding hydrogens is 291 g/mol. The molecule has 0 heterocycles. The van der Waals surface area contributed by atoms with Gasteiger partial charge in [0.15, 0.2) is 5.78 Å². The van der Waals surface area contributed by atoms with E-state index in [9.17, 15) is 4.79 Å². The van der Waals surface area contributed by atoms with E-state index in [0.717, 1.165) is 29.5 Å². The number of rotatable bonds is 2. The monoisotopic (exact) mass is 304 g/mol. The van der Waals surface area contributed by atoms with E-state index >= 15 is 0 Å². The number of Topliss-reactive ketones (excluding diaryl/α,β-unsaturated/α-hetero) is 1. The second-order valence-electron chi connectivity index (χ2n) is 5.20. The van der Waals surface area contributed by atoms with Crippen molar-refractivity contribution in [2.45, 2.75) is 19.3 Å². The van der Waals surface area contributed by atoms with Gasteiger partial charge >= 0.3 is 0 Å². The summed E-state index contributed by atoms with van der Waals surface area (Å²) in [5.74, 6) is 0.226. The normalized spacial score (nSPS) is 17.9. The molecule has 1 unspecified atom stereocenters. The lowest BCUT2D eigenvalue weighted by Crippen LogP contribution is -2.24. The minimum atomic E-state index is 0.000802. The topological polar surface area (TPSA) is 17.1 Å². The molecule has 3 heteroatoms. The molecule has 0 amide bonds. The SMILES string of the molecule is O=C1c2ccccc2CCC1Cc1cc(Cl)ccc1Cl. The number of benzene rings is 2. The van der Waals surface area contributed by atoms with Crippen molar-refractivity contribution in [2.75, 3.05) is 0 Å². The van der Waals surface area contributed by atoms with E-state index in [2.05, 4.69) is 0 Å². The van der Waals surface area contributed by atoms with Crippen LogP contribution in [-0.2, 0) is 12.8 Å². The number of carbonyl (C=O) groups excluding carboxylic acids is 1. The number of aryl methyl sites for hydroxylation is 1. The average molecular weight is 305 g/mol. The zero-order valence-electron chi connectivity index (χ0n) is 10.9. The van der Waals surface area contributed by atoms with E-state index in [-0.39, 0.29) is 11.7 Å². The number of hydrogen-bond donors (Lipinski definition) is 0. The molecule has 102 valence electrons. The van der Waals surface area contributed by atoms with Crippen molar-refractivity contribution in [1.29, 1.82) is 0 Å². The summed E-state index contributed by atoms with van der Waals surface area (Å²) < 4.78 is 0. The Morgan fingerprint density at radius 1 is 1.10 bits per heavy atom. The van der Waals surface area contributed by atoms with Gasteiger partial charge in [-0.1, -0.05) is 47.5 Å². The minimum absolute atomic E-state index is 0.000802. The Hall–Kier alpha value is -1.31. The van der Waals surface area contributed by atoms with Gasteiger partial charge < -0.3 is 0 Å². The molecule has 0 bridgehead atoms. The highest BCUT2D eigenvalue weighted by molar-refractivity contribution is 6.33. The highest BCUT2D eigenvalue weighted by Crippen LogP contribution is 2.30. The van der Waals surface area contributed by atoms with E-state index in [1.54, 1.807) is 12.1 Å². The van der Waals surface area contributed by atoms with E-state index in [4.69, 9.17) is 23.2 Å². The molecule has 0 radical (unpaired) electrons. The molecule has 0 N–H and O–H groups in total. The standard InChI is InChI=1S/C17H14Cl2O/c18-14-7-8-16(19)13(10-14)9-12-6-5-11-3-1-2-4-15(11)17(12)20/h1-4,7-8,10,12H,5-6,9H2. The number of hydrogen-bond acceptors (Lipinski definition) is 1. The van der Waals surface area contributed by atoms with Crippen LogP contribution in [0.25, 0.3) is 0 Å². The van der Waals surface area contributed by atoms with Gasteiger partial charge in [-0.2, -0.15) is 0 Å². The van der Waals surface area contributed by atoms with E-state index < -0.39 is 0 Å². The van der Waals surface area contributed by atoms with Gasteiger partial charge in [-0.05, 0) is 48.6 Å². The van der Waals surface area contributed by atoms with Crippen molar-refractivity contribution in [3.8, 4) is 0 Å². The van der Waals surface area contributed by atoms with Crippen LogP contribution < -0.4 is 0 Å². The van der Waals surface area contributed by atoms with Crippen LogP contribution in [0.2, 0.25) is 10.0 Å². The summed E-state index contributed by atoms with van der Waals surface area (Å²) >= 11 is 12.2. The molecule has 1 nitrogen and oxygen atoms in total. The molecule has 0 saturated carbocycles. The summed E-state index contributed by atoms with van der Waals surface area (Å²) in [4.78, 5) is 12.5. The summed E-state index contributed by atoms with van der Waals surface area (Å²) in [5.41, 5.74) is 2.98. The van der Waals surface area contributed by atoms with Crippen molar-refractivity contribution in [3.63, 3.8) is 0 Å². The molecule has 2 aromatic carbocycles. The second-order valence-corrected chi connectivity index (χ2v) is 6.04. The molecule has 0 saturated heterocycles. The Morgan fingerprint density at radius 2 is 1.90 bits per heavy atom. The van der Waals surface area contributed by atoms with Gasteiger partial charge in [-0.3, -0.25) is 4.79 Å². The molecule has 0 spiro atoms. The van der Waals surface area contributed by atoms with Crippen LogP contribution >= 0.6 is 23.2 Å². The minimum Gasteiger partial charge on any atom is -0.294 e. The Bertz CT molecular complexity index is 664. The lowest BCUT2D eigenvalue weighted by atomic mass is 9.80. The van der Waals surface area contributed by atoms with Crippen LogP contribution in [-0.4, -0.2) is 5.78 Å². The highest BCUT2D eigenvalue weighted by atomic mass is 35.5. The summed E-state index contributed by atoms with van der Waals surface area (Å²) in [6.07, 6.45) is 2.48. The third-order valence-corrected chi connectivity index (χ3v) is 4.49. The second kappa shape index (κ2) is 5.59. The largest absolute Gasteiger partial charge is 0.294 e. The molecular formula is C17H14Cl2O. The van der Waals surface area contributed by atoms with Gasteiger partial charge in [0.05, 0.1) is 0 Å². The zero-order valence-corrected chi connectivity index (χ0v) is 12.4. The zero-order chi connectivity index (χ0) is 14.1. The van der Waals surface area contributed by atoms with Crippen LogP contribution in [0.3, 0.4) is 0 Å². The summed E-state index contributed by atoms with van der Waals surface area (Å²) in [7, 11) is 0. The summed E-state index contributed by atoms with van der Waals surface area (Å²) in [5, 5.41) is 1.34. The van der Waals surface area contributed by atoms with Crippen LogP contribution in [0.4, 0.5) is 0 Å². The average Bonchev–Trinajstić information content (AvgIpc) is 2.46. The van der Waals surface area contributed by atoms with Crippen molar-refractivity contribution in [3.05, 3.63) is 69.2 Å². The number of halogens is 2. The van der Waals surface area contributed by atoms with Crippen molar-refractivity contribution < 1.29 is 4.79 Å². The number of fused-ring (bicyclic) bond motifs is 1. The lowest BCUT2D eigenvalue weighted by Gasteiger charge is -2.23. The quantitative estimate of drug-likeness (QED) is 0.764. The molecule has 0 aromatic heterocycles. The maximum absolute atomic E-state index is 12.5. The fourth-order valence-corrected chi connectivity index (χ4v) is 3.21. The van der Waals surface area contributed by atoms with Crippen LogP contribution in [0.5, 0.6) is 0 Å². The van der Waals surface area contributed by atoms with Gasteiger partial charge in [0.1, 0.15) is 0 Å². The van der Waals surface area contributed by atoms with Crippen LogP contribution in [0.1, 0.15) is 27.9 Å². The first kappa shape index (κ1) is 13.7. The highest BCUT2D eigenvalue weighted by Gasteiger charge is 2.27. The molecule has 1 aliphatic carbocycles. The molecule has 0 aliphatic heterocycles. The van der Waals surface area contributed by atoms with Gasteiger partial charge in [0, 0.05) is 21.5 Å². The Labute approximate surface area is 128 Å². The smallest absolute Gasteiger partial charge is 0.166 e. The van der Waals surface area contributed by atoms with E-state index in [1.807, 2.05) is 30.3 Å². The van der Waals surface area contributed by atoms with Gasteiger partial charge in [-0.25, -0.2) is 0 Å². The Morgan fingerprint density at radius 3 is 2.75 bits per heavy atom. The molecule has 2 aromatic rings. The fraction of sp³-hybridized carbons (Fsp3) is 0.235. The molecule has 20 heavy (non-hydrogen) atoms. The van der Waals surface area contributed by atoms with Crippen molar-refractivity contribution in [1.82, 2.24) is 0 Å². The Kier molecular flexibility index (Phi) is 3.82. The third kappa shape index (κ3) is 2.61. The third-order valence-electron chi connectivity index (χ3n) is 3.89. The van der Waals surface area contributed by atoms with Crippen molar-refractivity contribution >= 4 is 29.0 Å². The molecule has 1 atom stereocenters. The first-order valence-electron chi connectivity index (χ1n) is 6.71. The lowest BCUT2D eigenvalue weighted by molar-refractivity contribution is 0.0901. The van der Waals surface area contributed by atoms with E-state index in [0.29, 0.717) is 16.5 Å². The summed E-state index contributed by atoms with van der Waals surface area (Å²) in [6, 6.07) is 13.3. The maximum atomic E-state index is 12.5. The number of carbonyl (C=O) groups is 1. The predicted molar refractivity (Wildman–Crippen MR) is 82.7 cm³/mol. The van der Waals surface area contributed by atoms with Gasteiger partial charge in [0.2, 0.25) is 0 Å². The van der Waals surface area contributed by atoms with Gasteiger partial charge in [-0.15, -0.1) is 0 Å². The Balaban J connectivity index is 1.86. The van der Waals surface area contributed by atoms with Crippen LogP contribution in [0.15, 0.2) is 42.5 Å². The molecule has 1 aliphatic rings. The van der Waals surface area contributed by atoms with E-state index in [1.165, 1.54) is 0 Å². The number of ketones is 1. The molecule has 3 rings (SSSR count). The first-order chi connectivity index (χ1) is 9.65. The van der Waals surface area contributed by atoms with Gasteiger partial charge in [0.25, 0.3) is 0 Å². The van der Waals surface area contributed by atoms with Crippen LogP contribution in [0, 0.1) is 5.92 Å². The predicted octanol–water partition coefficient (Wildman–Crippen LogP) is 4.98. The first-order valence-corrected chi connectivity index (χ1v) is 7.47. The summed E-state index contributed by atoms with van der Waals surface area (Å²) in [6.45, 7) is 0. The molecule has 0 fully saturated rings. The maximum Gasteiger partial charge on any atom is 0.166 e. The van der Waals surface area contributed by atoms with Crippen molar-refractivity contribution in [2.24, 2.45) is 5.92 Å².